The van der Waals surface area contributed by atoms with Gasteiger partial charge in [0.25, 0.3) is 5.91 Å². The van der Waals surface area contributed by atoms with Gasteiger partial charge in [-0.25, -0.2) is 4.39 Å². The van der Waals surface area contributed by atoms with Crippen LogP contribution in [0.3, 0.4) is 0 Å². The Labute approximate surface area is 169 Å². The number of likely N-dealkylation sites (tertiary alicyclic amines) is 1. The van der Waals surface area contributed by atoms with Crippen LogP contribution in [0.25, 0.3) is 0 Å². The highest BCUT2D eigenvalue weighted by molar-refractivity contribution is 9.10. The Kier molecular flexibility index (Phi) is 4.99. The molecular formula is C20H18BrFN2O2S. The summed E-state index contributed by atoms with van der Waals surface area (Å²) in [6.45, 7) is 1.18. The zero-order valence-electron chi connectivity index (χ0n) is 14.5. The molecule has 2 aliphatic heterocycles. The van der Waals surface area contributed by atoms with Crippen LogP contribution in [0, 0.1) is 5.82 Å². The summed E-state index contributed by atoms with van der Waals surface area (Å²) in [5, 5.41) is 0. The van der Waals surface area contributed by atoms with Crippen molar-refractivity contribution in [2.75, 3.05) is 23.7 Å². The van der Waals surface area contributed by atoms with Gasteiger partial charge in [-0.2, -0.15) is 0 Å². The molecule has 0 atom stereocenters. The standard InChI is InChI=1S/C20H18BrFN2O2S/c21-15-3-1-14(2-4-15)19(26)23-11-9-20(10-12-23)24(18(25)13-27-20)17-7-5-16(22)6-8-17/h1-8H,9-13H2. The summed E-state index contributed by atoms with van der Waals surface area (Å²) < 4.78 is 14.2. The van der Waals surface area contributed by atoms with Crippen molar-refractivity contribution in [3.8, 4) is 0 Å². The quantitative estimate of drug-likeness (QED) is 0.687. The van der Waals surface area contributed by atoms with Gasteiger partial charge in [0.1, 0.15) is 5.82 Å². The third-order valence-electron chi connectivity index (χ3n) is 5.13. The molecule has 4 rings (SSSR count). The topological polar surface area (TPSA) is 40.6 Å². The summed E-state index contributed by atoms with van der Waals surface area (Å²) in [5.74, 6) is 0.152. The van der Waals surface area contributed by atoms with Gasteiger partial charge in [0.05, 0.1) is 10.6 Å². The van der Waals surface area contributed by atoms with E-state index < -0.39 is 0 Å². The van der Waals surface area contributed by atoms with Crippen LogP contribution >= 0.6 is 27.7 Å². The van der Waals surface area contributed by atoms with Crippen molar-refractivity contribution < 1.29 is 14.0 Å². The molecule has 2 aromatic rings. The highest BCUT2D eigenvalue weighted by Gasteiger charge is 2.49. The third-order valence-corrected chi connectivity index (χ3v) is 7.18. The maximum absolute atomic E-state index is 13.3. The fourth-order valence-corrected chi connectivity index (χ4v) is 5.32. The SMILES string of the molecule is O=C(c1ccc(Br)cc1)N1CCC2(CC1)SCC(=O)N2c1ccc(F)cc1. The zero-order chi connectivity index (χ0) is 19.0. The molecule has 0 aromatic heterocycles. The van der Waals surface area contributed by atoms with Gasteiger partial charge in [0.15, 0.2) is 0 Å². The zero-order valence-corrected chi connectivity index (χ0v) is 16.9. The molecule has 2 amide bonds. The number of piperidine rings is 1. The second-order valence-electron chi connectivity index (χ2n) is 6.74. The molecule has 2 saturated heterocycles. The van der Waals surface area contributed by atoms with E-state index in [-0.39, 0.29) is 22.5 Å². The normalized spacial score (nSPS) is 19.0. The average Bonchev–Trinajstić information content (AvgIpc) is 2.99. The van der Waals surface area contributed by atoms with Crippen LogP contribution in [0.2, 0.25) is 0 Å². The molecule has 4 nitrogen and oxygen atoms in total. The van der Waals surface area contributed by atoms with E-state index in [4.69, 9.17) is 0 Å². The highest BCUT2D eigenvalue weighted by Crippen LogP contribution is 2.46. The van der Waals surface area contributed by atoms with Gasteiger partial charge in [0, 0.05) is 28.8 Å². The van der Waals surface area contributed by atoms with Gasteiger partial charge in [-0.3, -0.25) is 14.5 Å². The van der Waals surface area contributed by atoms with Crippen molar-refractivity contribution in [1.82, 2.24) is 4.90 Å². The minimum Gasteiger partial charge on any atom is -0.338 e. The Morgan fingerprint density at radius 3 is 2.30 bits per heavy atom. The van der Waals surface area contributed by atoms with Gasteiger partial charge < -0.3 is 4.90 Å². The number of anilines is 1. The van der Waals surface area contributed by atoms with Crippen LogP contribution in [-0.4, -0.2) is 40.4 Å². The molecule has 0 unspecified atom stereocenters. The van der Waals surface area contributed by atoms with Crippen LogP contribution < -0.4 is 4.90 Å². The predicted molar refractivity (Wildman–Crippen MR) is 108 cm³/mol. The number of rotatable bonds is 2. The summed E-state index contributed by atoms with van der Waals surface area (Å²) in [5.41, 5.74) is 1.39. The summed E-state index contributed by atoms with van der Waals surface area (Å²) in [6.07, 6.45) is 1.39. The predicted octanol–water partition coefficient (Wildman–Crippen LogP) is 4.30. The Morgan fingerprint density at radius 2 is 1.67 bits per heavy atom. The van der Waals surface area contributed by atoms with Crippen LogP contribution in [-0.2, 0) is 4.79 Å². The van der Waals surface area contributed by atoms with E-state index in [9.17, 15) is 14.0 Å². The number of benzene rings is 2. The van der Waals surface area contributed by atoms with Crippen LogP contribution in [0.4, 0.5) is 10.1 Å². The van der Waals surface area contributed by atoms with Crippen molar-refractivity contribution >= 4 is 45.2 Å². The van der Waals surface area contributed by atoms with E-state index in [1.807, 2.05) is 29.2 Å². The molecule has 140 valence electrons. The highest BCUT2D eigenvalue weighted by atomic mass is 79.9. The first-order valence-electron chi connectivity index (χ1n) is 8.76. The number of carbonyl (C=O) groups is 2. The molecular weight excluding hydrogens is 431 g/mol. The van der Waals surface area contributed by atoms with Crippen molar-refractivity contribution in [3.63, 3.8) is 0 Å². The third kappa shape index (κ3) is 3.50. The molecule has 0 N–H and O–H groups in total. The molecule has 0 saturated carbocycles. The Hall–Kier alpha value is -1.86. The van der Waals surface area contributed by atoms with Gasteiger partial charge >= 0.3 is 0 Å². The number of hydrogen-bond acceptors (Lipinski definition) is 3. The lowest BCUT2D eigenvalue weighted by Gasteiger charge is -2.44. The number of carbonyl (C=O) groups excluding carboxylic acids is 2. The molecule has 0 radical (unpaired) electrons. The average molecular weight is 449 g/mol. The minimum absolute atomic E-state index is 0.0139. The molecule has 0 bridgehead atoms. The smallest absolute Gasteiger partial charge is 0.253 e. The molecule has 1 spiro atoms. The lowest BCUT2D eigenvalue weighted by atomic mass is 10.00. The lowest BCUT2D eigenvalue weighted by Crippen LogP contribution is -2.53. The molecule has 27 heavy (non-hydrogen) atoms. The second kappa shape index (κ2) is 7.28. The summed E-state index contributed by atoms with van der Waals surface area (Å²) in [4.78, 5) is 28.6. The fraction of sp³-hybridized carbons (Fsp3) is 0.300. The largest absolute Gasteiger partial charge is 0.338 e. The van der Waals surface area contributed by atoms with E-state index in [0.717, 1.165) is 10.2 Å². The maximum Gasteiger partial charge on any atom is 0.253 e. The maximum atomic E-state index is 13.3. The van der Waals surface area contributed by atoms with E-state index in [2.05, 4.69) is 15.9 Å². The molecule has 2 heterocycles. The van der Waals surface area contributed by atoms with E-state index >= 15 is 0 Å². The first-order chi connectivity index (χ1) is 13.0. The molecule has 2 aliphatic rings. The Balaban J connectivity index is 1.51. The van der Waals surface area contributed by atoms with Crippen LogP contribution in [0.5, 0.6) is 0 Å². The first kappa shape index (κ1) is 18.5. The number of nitrogens with zero attached hydrogens (tertiary/aromatic N) is 2. The van der Waals surface area contributed by atoms with Crippen molar-refractivity contribution in [2.24, 2.45) is 0 Å². The van der Waals surface area contributed by atoms with Crippen molar-refractivity contribution in [2.45, 2.75) is 17.7 Å². The second-order valence-corrected chi connectivity index (χ2v) is 8.99. The molecule has 2 aromatic carbocycles. The number of hydrogen-bond donors (Lipinski definition) is 0. The first-order valence-corrected chi connectivity index (χ1v) is 10.5. The van der Waals surface area contributed by atoms with Gasteiger partial charge in [-0.05, 0) is 61.4 Å². The molecule has 0 aliphatic carbocycles. The van der Waals surface area contributed by atoms with Crippen molar-refractivity contribution in [1.29, 1.82) is 0 Å². The Bertz CT molecular complexity index is 865. The molecule has 7 heteroatoms. The fourth-order valence-electron chi connectivity index (χ4n) is 3.72. The van der Waals surface area contributed by atoms with Crippen molar-refractivity contribution in [3.05, 3.63) is 64.4 Å². The lowest BCUT2D eigenvalue weighted by molar-refractivity contribution is -0.116. The summed E-state index contributed by atoms with van der Waals surface area (Å²) in [6, 6.07) is 13.4. The Morgan fingerprint density at radius 1 is 1.04 bits per heavy atom. The number of thioether (sulfide) groups is 1. The number of amides is 2. The monoisotopic (exact) mass is 448 g/mol. The van der Waals surface area contributed by atoms with Gasteiger partial charge in [-0.15, -0.1) is 11.8 Å². The van der Waals surface area contributed by atoms with Gasteiger partial charge in [0.2, 0.25) is 5.91 Å². The summed E-state index contributed by atoms with van der Waals surface area (Å²) in [7, 11) is 0. The van der Waals surface area contributed by atoms with Crippen LogP contribution in [0.15, 0.2) is 53.0 Å². The minimum atomic E-state index is -0.356. The van der Waals surface area contributed by atoms with Crippen LogP contribution in [0.1, 0.15) is 23.2 Å². The summed E-state index contributed by atoms with van der Waals surface area (Å²) >= 11 is 5.01. The van der Waals surface area contributed by atoms with Gasteiger partial charge in [-0.1, -0.05) is 15.9 Å². The molecule has 2 fully saturated rings. The van der Waals surface area contributed by atoms with E-state index in [0.29, 0.717) is 37.2 Å². The number of halogens is 2. The van der Waals surface area contributed by atoms with E-state index in [1.165, 1.54) is 12.1 Å². The van der Waals surface area contributed by atoms with E-state index in [1.54, 1.807) is 28.8 Å².